The highest BCUT2D eigenvalue weighted by Gasteiger charge is 2.12. The van der Waals surface area contributed by atoms with Crippen LogP contribution in [0.2, 0.25) is 0 Å². The third kappa shape index (κ3) is 2.01. The van der Waals surface area contributed by atoms with E-state index in [0.717, 1.165) is 29.3 Å². The molecule has 82 valence electrons. The number of para-hydroxylation sites is 1. The molecule has 1 aliphatic rings. The summed E-state index contributed by atoms with van der Waals surface area (Å²) >= 11 is 0. The number of hydrogen-bond acceptors (Lipinski definition) is 2. The summed E-state index contributed by atoms with van der Waals surface area (Å²) in [6, 6.07) is 8.03. The Morgan fingerprint density at radius 3 is 2.94 bits per heavy atom. The van der Waals surface area contributed by atoms with Gasteiger partial charge in [-0.1, -0.05) is 30.9 Å². The van der Waals surface area contributed by atoms with Crippen LogP contribution in [0.5, 0.6) is 5.75 Å². The molecule has 0 fully saturated rings. The number of nitrogens with one attached hydrogen (secondary N) is 1. The van der Waals surface area contributed by atoms with Crippen LogP contribution in [0.3, 0.4) is 0 Å². The SMILES string of the molecule is C=CC1=C(/C=C\C)Oc2ccccc2CN1. The summed E-state index contributed by atoms with van der Waals surface area (Å²) in [6.07, 6.45) is 5.67. The van der Waals surface area contributed by atoms with Gasteiger partial charge in [0.1, 0.15) is 11.5 Å². The molecule has 0 saturated carbocycles. The first-order valence-electron chi connectivity index (χ1n) is 5.34. The third-order valence-electron chi connectivity index (χ3n) is 2.45. The van der Waals surface area contributed by atoms with E-state index in [1.54, 1.807) is 6.08 Å². The molecular formula is C14H15NO. The molecule has 2 rings (SSSR count). The lowest BCUT2D eigenvalue weighted by Gasteiger charge is -2.07. The van der Waals surface area contributed by atoms with Crippen LogP contribution in [0, 0.1) is 0 Å². The van der Waals surface area contributed by atoms with Crippen LogP contribution in [0.1, 0.15) is 12.5 Å². The zero-order chi connectivity index (χ0) is 11.4. The van der Waals surface area contributed by atoms with E-state index in [4.69, 9.17) is 4.74 Å². The predicted octanol–water partition coefficient (Wildman–Crippen LogP) is 3.14. The van der Waals surface area contributed by atoms with Gasteiger partial charge in [-0.15, -0.1) is 0 Å². The lowest BCUT2D eigenvalue weighted by atomic mass is 10.2. The molecule has 1 N–H and O–H groups in total. The first-order chi connectivity index (χ1) is 7.85. The molecule has 0 aliphatic carbocycles. The largest absolute Gasteiger partial charge is 0.455 e. The van der Waals surface area contributed by atoms with Crippen LogP contribution in [0.4, 0.5) is 0 Å². The lowest BCUT2D eigenvalue weighted by Crippen LogP contribution is -2.11. The van der Waals surface area contributed by atoms with Crippen molar-refractivity contribution >= 4 is 0 Å². The maximum atomic E-state index is 5.86. The number of benzene rings is 1. The van der Waals surface area contributed by atoms with E-state index in [2.05, 4.69) is 18.0 Å². The normalized spacial score (nSPS) is 15.1. The second kappa shape index (κ2) is 4.71. The minimum absolute atomic E-state index is 0.762. The van der Waals surface area contributed by atoms with Crippen LogP contribution in [-0.2, 0) is 6.54 Å². The standard InChI is InChI=1S/C14H15NO/c1-3-7-14-12(4-2)15-10-11-8-5-6-9-13(11)16-14/h3-9,15H,2,10H2,1H3/b7-3-. The van der Waals surface area contributed by atoms with Crippen molar-refractivity contribution in [1.82, 2.24) is 5.32 Å². The van der Waals surface area contributed by atoms with Crippen molar-refractivity contribution in [3.05, 3.63) is 66.1 Å². The molecule has 0 spiro atoms. The monoisotopic (exact) mass is 213 g/mol. The Morgan fingerprint density at radius 1 is 1.38 bits per heavy atom. The average molecular weight is 213 g/mol. The van der Waals surface area contributed by atoms with Gasteiger partial charge in [-0.05, 0) is 25.1 Å². The zero-order valence-corrected chi connectivity index (χ0v) is 9.36. The molecular weight excluding hydrogens is 198 g/mol. The van der Waals surface area contributed by atoms with E-state index < -0.39 is 0 Å². The second-order valence-electron chi connectivity index (χ2n) is 3.55. The summed E-state index contributed by atoms with van der Waals surface area (Å²) in [6.45, 7) is 6.52. The van der Waals surface area contributed by atoms with E-state index in [9.17, 15) is 0 Å². The van der Waals surface area contributed by atoms with Gasteiger partial charge < -0.3 is 10.1 Å². The molecule has 0 unspecified atom stereocenters. The van der Waals surface area contributed by atoms with Gasteiger partial charge in [0.25, 0.3) is 0 Å². The number of ether oxygens (including phenoxy) is 1. The fourth-order valence-corrected chi connectivity index (χ4v) is 1.65. The highest BCUT2D eigenvalue weighted by molar-refractivity contribution is 5.40. The molecule has 16 heavy (non-hydrogen) atoms. The molecule has 0 radical (unpaired) electrons. The Hall–Kier alpha value is -1.96. The van der Waals surface area contributed by atoms with Gasteiger partial charge in [0.15, 0.2) is 0 Å². The molecule has 2 nitrogen and oxygen atoms in total. The molecule has 0 atom stereocenters. The highest BCUT2D eigenvalue weighted by atomic mass is 16.5. The van der Waals surface area contributed by atoms with E-state index in [0.29, 0.717) is 0 Å². The topological polar surface area (TPSA) is 21.3 Å². The molecule has 1 aromatic carbocycles. The summed E-state index contributed by atoms with van der Waals surface area (Å²) in [5.74, 6) is 1.71. The maximum Gasteiger partial charge on any atom is 0.150 e. The molecule has 0 bridgehead atoms. The van der Waals surface area contributed by atoms with Gasteiger partial charge in [-0.2, -0.15) is 0 Å². The van der Waals surface area contributed by atoms with Crippen LogP contribution in [0.25, 0.3) is 0 Å². The Kier molecular flexibility index (Phi) is 3.10. The van der Waals surface area contributed by atoms with Gasteiger partial charge >= 0.3 is 0 Å². The van der Waals surface area contributed by atoms with Gasteiger partial charge in [-0.25, -0.2) is 0 Å². The van der Waals surface area contributed by atoms with Gasteiger partial charge in [-0.3, -0.25) is 0 Å². The second-order valence-corrected chi connectivity index (χ2v) is 3.55. The van der Waals surface area contributed by atoms with Crippen LogP contribution >= 0.6 is 0 Å². The highest BCUT2D eigenvalue weighted by Crippen LogP contribution is 2.25. The summed E-state index contributed by atoms with van der Waals surface area (Å²) in [5, 5.41) is 3.31. The van der Waals surface area contributed by atoms with Gasteiger partial charge in [0.05, 0.1) is 5.70 Å². The minimum atomic E-state index is 0.762. The van der Waals surface area contributed by atoms with E-state index >= 15 is 0 Å². The summed E-state index contributed by atoms with van der Waals surface area (Å²) in [5.41, 5.74) is 2.08. The van der Waals surface area contributed by atoms with Crippen molar-refractivity contribution in [1.29, 1.82) is 0 Å². The molecule has 0 aromatic heterocycles. The van der Waals surface area contributed by atoms with Crippen molar-refractivity contribution in [2.75, 3.05) is 0 Å². The van der Waals surface area contributed by atoms with Crippen LogP contribution < -0.4 is 10.1 Å². The van der Waals surface area contributed by atoms with Crippen molar-refractivity contribution < 1.29 is 4.74 Å². The average Bonchev–Trinajstić information content (AvgIpc) is 2.48. The number of fused-ring (bicyclic) bond motifs is 1. The molecule has 0 saturated heterocycles. The Balaban J connectivity index is 2.41. The Labute approximate surface area is 95.9 Å². The Morgan fingerprint density at radius 2 is 2.19 bits per heavy atom. The maximum absolute atomic E-state index is 5.86. The first kappa shape index (κ1) is 10.6. The lowest BCUT2D eigenvalue weighted by molar-refractivity contribution is 0.439. The molecule has 1 aromatic rings. The van der Waals surface area contributed by atoms with E-state index in [1.165, 1.54) is 0 Å². The Bertz CT molecular complexity index is 458. The summed E-state index contributed by atoms with van der Waals surface area (Å²) in [7, 11) is 0. The van der Waals surface area contributed by atoms with E-state index in [-0.39, 0.29) is 0 Å². The number of hydrogen-bond donors (Lipinski definition) is 1. The number of rotatable bonds is 2. The molecule has 0 amide bonds. The first-order valence-corrected chi connectivity index (χ1v) is 5.34. The van der Waals surface area contributed by atoms with Crippen LogP contribution in [-0.4, -0.2) is 0 Å². The van der Waals surface area contributed by atoms with Gasteiger partial charge in [0.2, 0.25) is 0 Å². The fourth-order valence-electron chi connectivity index (χ4n) is 1.65. The smallest absolute Gasteiger partial charge is 0.150 e. The van der Waals surface area contributed by atoms with Crippen molar-refractivity contribution in [3.63, 3.8) is 0 Å². The van der Waals surface area contributed by atoms with E-state index in [1.807, 2.05) is 37.3 Å². The van der Waals surface area contributed by atoms with Crippen molar-refractivity contribution in [3.8, 4) is 5.75 Å². The summed E-state index contributed by atoms with van der Waals surface area (Å²) in [4.78, 5) is 0. The molecule has 1 aliphatic heterocycles. The molecule has 2 heteroatoms. The third-order valence-corrected chi connectivity index (χ3v) is 2.45. The fraction of sp³-hybridized carbons (Fsp3) is 0.143. The predicted molar refractivity (Wildman–Crippen MR) is 65.9 cm³/mol. The zero-order valence-electron chi connectivity index (χ0n) is 9.36. The minimum Gasteiger partial charge on any atom is -0.455 e. The summed E-state index contributed by atoms with van der Waals surface area (Å²) < 4.78 is 5.86. The van der Waals surface area contributed by atoms with Crippen molar-refractivity contribution in [2.45, 2.75) is 13.5 Å². The number of allylic oxidation sites excluding steroid dienone is 3. The van der Waals surface area contributed by atoms with Crippen molar-refractivity contribution in [2.24, 2.45) is 0 Å². The van der Waals surface area contributed by atoms with Crippen LogP contribution in [0.15, 0.2) is 60.5 Å². The molecule has 1 heterocycles. The van der Waals surface area contributed by atoms with Gasteiger partial charge in [0, 0.05) is 12.1 Å². The quantitative estimate of drug-likeness (QED) is 0.814.